The molecule has 4 rings (SSSR count). The van der Waals surface area contributed by atoms with Gasteiger partial charge in [-0.3, -0.25) is 23.9 Å². The Labute approximate surface area is 207 Å². The molecule has 190 valence electrons. The van der Waals surface area contributed by atoms with Crippen LogP contribution in [0.4, 0.5) is 4.39 Å². The molecule has 2 amide bonds. The molecule has 0 radical (unpaired) electrons. The molecule has 3 aromatic rings. The van der Waals surface area contributed by atoms with Gasteiger partial charge < -0.3 is 20.4 Å². The maximum Gasteiger partial charge on any atom is 0.268 e. The minimum atomic E-state index is -0.864. The Morgan fingerprint density at radius 1 is 1.14 bits per heavy atom. The van der Waals surface area contributed by atoms with Crippen molar-refractivity contribution in [3.8, 4) is 5.75 Å². The van der Waals surface area contributed by atoms with Gasteiger partial charge in [-0.2, -0.15) is 0 Å². The minimum Gasteiger partial charge on any atom is -0.505 e. The number of aliphatic hydroxyl groups is 1. The summed E-state index contributed by atoms with van der Waals surface area (Å²) in [5, 5.41) is 22.6. The zero-order chi connectivity index (χ0) is 25.8. The fourth-order valence-corrected chi connectivity index (χ4v) is 4.36. The molecular formula is C26H29FN4O5. The fourth-order valence-electron chi connectivity index (χ4n) is 4.36. The Hall–Kier alpha value is -3.79. The smallest absolute Gasteiger partial charge is 0.268 e. The van der Waals surface area contributed by atoms with Crippen molar-refractivity contribution >= 4 is 22.8 Å². The predicted molar refractivity (Wildman–Crippen MR) is 131 cm³/mol. The van der Waals surface area contributed by atoms with Gasteiger partial charge in [0.25, 0.3) is 11.5 Å². The van der Waals surface area contributed by atoms with Gasteiger partial charge >= 0.3 is 0 Å². The van der Waals surface area contributed by atoms with E-state index in [4.69, 9.17) is 0 Å². The Balaban J connectivity index is 1.80. The lowest BCUT2D eigenvalue weighted by Gasteiger charge is -2.27. The van der Waals surface area contributed by atoms with Gasteiger partial charge in [0.15, 0.2) is 5.75 Å². The molecule has 3 N–H and O–H groups in total. The highest BCUT2D eigenvalue weighted by Crippen LogP contribution is 2.26. The quantitative estimate of drug-likeness (QED) is 0.459. The second-order valence-electron chi connectivity index (χ2n) is 9.13. The Kier molecular flexibility index (Phi) is 7.64. The molecule has 2 aromatic heterocycles. The summed E-state index contributed by atoms with van der Waals surface area (Å²) >= 11 is 0. The van der Waals surface area contributed by atoms with Gasteiger partial charge in [0.05, 0.1) is 12.1 Å². The van der Waals surface area contributed by atoms with Crippen LogP contribution in [0, 0.1) is 5.82 Å². The zero-order valence-electron chi connectivity index (χ0n) is 20.0. The highest BCUT2D eigenvalue weighted by molar-refractivity contribution is 6.01. The SMILES string of the molecule is CC(CO)NC(=O)c1c(O)c2ncc(Cc3ccc(F)cc3)cc2n(CC(=O)N2CCCCC2)c1=O. The molecule has 0 saturated carbocycles. The van der Waals surface area contributed by atoms with Crippen LogP contribution in [0.1, 0.15) is 47.7 Å². The van der Waals surface area contributed by atoms with E-state index in [-0.39, 0.29) is 35.9 Å². The number of fused-ring (bicyclic) bond motifs is 1. The lowest BCUT2D eigenvalue weighted by atomic mass is 10.0. The molecule has 9 nitrogen and oxygen atoms in total. The van der Waals surface area contributed by atoms with Crippen molar-refractivity contribution in [1.82, 2.24) is 19.8 Å². The van der Waals surface area contributed by atoms with E-state index in [0.717, 1.165) is 24.8 Å². The molecule has 0 spiro atoms. The summed E-state index contributed by atoms with van der Waals surface area (Å²) in [6, 6.07) is 6.97. The van der Waals surface area contributed by atoms with Crippen LogP contribution >= 0.6 is 0 Å². The van der Waals surface area contributed by atoms with Crippen molar-refractivity contribution in [2.75, 3.05) is 19.7 Å². The van der Waals surface area contributed by atoms with E-state index < -0.39 is 28.8 Å². The van der Waals surface area contributed by atoms with Crippen LogP contribution in [0.2, 0.25) is 0 Å². The van der Waals surface area contributed by atoms with Gasteiger partial charge in [0.2, 0.25) is 5.91 Å². The molecule has 36 heavy (non-hydrogen) atoms. The number of piperidine rings is 1. The lowest BCUT2D eigenvalue weighted by molar-refractivity contribution is -0.132. The molecule has 0 aliphatic carbocycles. The lowest BCUT2D eigenvalue weighted by Crippen LogP contribution is -2.42. The number of rotatable bonds is 7. The molecule has 1 aliphatic rings. The number of hydrogen-bond donors (Lipinski definition) is 3. The summed E-state index contributed by atoms with van der Waals surface area (Å²) in [5.41, 5.74) is 0.355. The zero-order valence-corrected chi connectivity index (χ0v) is 20.0. The number of benzene rings is 1. The number of nitrogens with one attached hydrogen (secondary N) is 1. The van der Waals surface area contributed by atoms with Crippen LogP contribution in [0.15, 0.2) is 41.3 Å². The second kappa shape index (κ2) is 10.9. The van der Waals surface area contributed by atoms with E-state index in [2.05, 4.69) is 10.3 Å². The second-order valence-corrected chi connectivity index (χ2v) is 9.13. The van der Waals surface area contributed by atoms with Gasteiger partial charge in [0, 0.05) is 25.3 Å². The van der Waals surface area contributed by atoms with Crippen LogP contribution in [-0.2, 0) is 17.8 Å². The molecule has 1 saturated heterocycles. The first-order valence-electron chi connectivity index (χ1n) is 12.0. The largest absolute Gasteiger partial charge is 0.505 e. The monoisotopic (exact) mass is 496 g/mol. The van der Waals surface area contributed by atoms with E-state index in [1.54, 1.807) is 30.0 Å². The van der Waals surface area contributed by atoms with Gasteiger partial charge in [-0.25, -0.2) is 4.39 Å². The maximum absolute atomic E-state index is 13.5. The van der Waals surface area contributed by atoms with Crippen molar-refractivity contribution in [3.63, 3.8) is 0 Å². The van der Waals surface area contributed by atoms with Crippen LogP contribution in [0.3, 0.4) is 0 Å². The molecule has 1 unspecified atom stereocenters. The number of amides is 2. The molecule has 0 bridgehead atoms. The first-order valence-corrected chi connectivity index (χ1v) is 12.0. The van der Waals surface area contributed by atoms with Gasteiger partial charge in [0.1, 0.15) is 23.4 Å². The number of pyridine rings is 2. The number of aliphatic hydroxyl groups excluding tert-OH is 1. The summed E-state index contributed by atoms with van der Waals surface area (Å²) in [5.74, 6) is -2.07. The van der Waals surface area contributed by atoms with E-state index in [1.165, 1.54) is 22.9 Å². The number of nitrogens with zero attached hydrogens (tertiary/aromatic N) is 3. The van der Waals surface area contributed by atoms with Gasteiger partial charge in [-0.05, 0) is 61.9 Å². The molecule has 1 atom stereocenters. The maximum atomic E-state index is 13.5. The summed E-state index contributed by atoms with van der Waals surface area (Å²) < 4.78 is 14.5. The third-order valence-electron chi connectivity index (χ3n) is 6.34. The van der Waals surface area contributed by atoms with E-state index in [9.17, 15) is 29.0 Å². The third kappa shape index (κ3) is 5.38. The summed E-state index contributed by atoms with van der Waals surface area (Å²) in [6.07, 6.45) is 4.69. The van der Waals surface area contributed by atoms with Crippen molar-refractivity contribution < 1.29 is 24.2 Å². The fraction of sp³-hybridized carbons (Fsp3) is 0.385. The minimum absolute atomic E-state index is 0.00528. The summed E-state index contributed by atoms with van der Waals surface area (Å²) in [4.78, 5) is 45.4. The van der Waals surface area contributed by atoms with Crippen LogP contribution < -0.4 is 10.9 Å². The first kappa shape index (κ1) is 25.3. The van der Waals surface area contributed by atoms with Crippen molar-refractivity contribution in [3.05, 3.63) is 69.4 Å². The molecule has 3 heterocycles. The number of carbonyl (C=O) groups is 2. The predicted octanol–water partition coefficient (Wildman–Crippen LogP) is 1.96. The highest BCUT2D eigenvalue weighted by atomic mass is 19.1. The third-order valence-corrected chi connectivity index (χ3v) is 6.34. The average Bonchev–Trinajstić information content (AvgIpc) is 2.88. The number of aromatic nitrogens is 2. The van der Waals surface area contributed by atoms with Crippen molar-refractivity contribution in [2.45, 2.75) is 45.2 Å². The van der Waals surface area contributed by atoms with Crippen molar-refractivity contribution in [1.29, 1.82) is 0 Å². The average molecular weight is 497 g/mol. The van der Waals surface area contributed by atoms with Crippen LogP contribution in [-0.4, -0.2) is 62.2 Å². The molecular weight excluding hydrogens is 467 g/mol. The van der Waals surface area contributed by atoms with Gasteiger partial charge in [-0.1, -0.05) is 12.1 Å². The van der Waals surface area contributed by atoms with E-state index in [1.807, 2.05) is 0 Å². The molecule has 1 aliphatic heterocycles. The van der Waals surface area contributed by atoms with Crippen LogP contribution in [0.25, 0.3) is 11.0 Å². The Bertz CT molecular complexity index is 1330. The first-order chi connectivity index (χ1) is 17.3. The molecule has 1 aromatic carbocycles. The van der Waals surface area contributed by atoms with Crippen LogP contribution in [0.5, 0.6) is 5.75 Å². The number of hydrogen-bond acceptors (Lipinski definition) is 6. The van der Waals surface area contributed by atoms with E-state index >= 15 is 0 Å². The Morgan fingerprint density at radius 2 is 1.83 bits per heavy atom. The summed E-state index contributed by atoms with van der Waals surface area (Å²) in [7, 11) is 0. The standard InChI is InChI=1S/C26H29FN4O5/c1-16(15-32)29-25(35)22-24(34)23-20(12-18(13-28-23)11-17-5-7-19(27)8-6-17)31(26(22)36)14-21(33)30-9-3-2-4-10-30/h5-8,12-13,16,32,34H,2-4,9-11,14-15H2,1H3,(H,29,35). The topological polar surface area (TPSA) is 125 Å². The number of halogens is 1. The van der Waals surface area contributed by atoms with Crippen molar-refractivity contribution in [2.24, 2.45) is 0 Å². The molecule has 10 heteroatoms. The highest BCUT2D eigenvalue weighted by Gasteiger charge is 2.26. The molecule has 1 fully saturated rings. The number of likely N-dealkylation sites (tertiary alicyclic amines) is 1. The van der Waals surface area contributed by atoms with Gasteiger partial charge in [-0.15, -0.1) is 0 Å². The number of aromatic hydroxyl groups is 1. The number of carbonyl (C=O) groups excluding carboxylic acids is 2. The van der Waals surface area contributed by atoms with E-state index in [0.29, 0.717) is 25.1 Å². The summed E-state index contributed by atoms with van der Waals surface area (Å²) in [6.45, 7) is 2.08. The Morgan fingerprint density at radius 3 is 2.50 bits per heavy atom. The normalized spacial score (nSPS) is 14.6.